The van der Waals surface area contributed by atoms with E-state index in [2.05, 4.69) is 26.4 Å². The summed E-state index contributed by atoms with van der Waals surface area (Å²) in [5, 5.41) is 9.10. The minimum atomic E-state index is 0.289. The quantitative estimate of drug-likeness (QED) is 0.818. The van der Waals surface area contributed by atoms with E-state index < -0.39 is 0 Å². The van der Waals surface area contributed by atoms with E-state index in [9.17, 15) is 0 Å². The number of hydrogen-bond acceptors (Lipinski definition) is 4. The van der Waals surface area contributed by atoms with Crippen LogP contribution in [0.4, 0.5) is 0 Å². The number of aromatic nitrogens is 2. The largest absolute Gasteiger partial charge is 0.396 e. The van der Waals surface area contributed by atoms with Crippen LogP contribution in [0.15, 0.2) is 12.4 Å². The summed E-state index contributed by atoms with van der Waals surface area (Å²) < 4.78 is 2.21. The van der Waals surface area contributed by atoms with Crippen LogP contribution >= 0.6 is 0 Å². The monoisotopic (exact) mass is 266 g/mol. The number of piperazine rings is 1. The molecule has 0 saturated carbocycles. The molecule has 19 heavy (non-hydrogen) atoms. The average Bonchev–Trinajstić information content (AvgIpc) is 2.79. The predicted octanol–water partition coefficient (Wildman–Crippen LogP) is 0.580. The number of imidazole rings is 1. The van der Waals surface area contributed by atoms with Gasteiger partial charge in [-0.3, -0.25) is 0 Å². The maximum absolute atomic E-state index is 9.10. The summed E-state index contributed by atoms with van der Waals surface area (Å²) in [6.45, 7) is 7.84. The van der Waals surface area contributed by atoms with Gasteiger partial charge in [-0.1, -0.05) is 0 Å². The van der Waals surface area contributed by atoms with Crippen LogP contribution in [0, 0.1) is 6.92 Å². The zero-order valence-corrected chi connectivity index (χ0v) is 12.1. The Morgan fingerprint density at radius 1 is 1.37 bits per heavy atom. The zero-order chi connectivity index (χ0) is 13.7. The fourth-order valence-corrected chi connectivity index (χ4v) is 2.78. The number of likely N-dealkylation sites (N-methyl/N-ethyl adjacent to an activating group) is 1. The number of hydrogen-bond donors (Lipinski definition) is 1. The summed E-state index contributed by atoms with van der Waals surface area (Å²) in [7, 11) is 2.16. The van der Waals surface area contributed by atoms with Crippen LogP contribution in [-0.4, -0.2) is 70.3 Å². The normalized spacial score (nSPS) is 21.9. The van der Waals surface area contributed by atoms with E-state index in [1.807, 2.05) is 19.3 Å². The molecule has 1 aromatic heterocycles. The van der Waals surface area contributed by atoms with Gasteiger partial charge >= 0.3 is 0 Å². The molecule has 0 bridgehead atoms. The highest BCUT2D eigenvalue weighted by atomic mass is 16.3. The fraction of sp³-hybridized carbons (Fsp3) is 0.786. The Bertz CT molecular complexity index is 379. The molecule has 1 N–H and O–H groups in total. The lowest BCUT2D eigenvalue weighted by molar-refractivity contribution is 0.0772. The SMILES string of the molecule is Cc1nccn1CCCN1CCN(C)[C@H](CCO)C1. The van der Waals surface area contributed by atoms with Gasteiger partial charge in [0.1, 0.15) is 5.82 Å². The molecule has 2 heterocycles. The Labute approximate surface area is 115 Å². The van der Waals surface area contributed by atoms with E-state index in [1.165, 1.54) is 0 Å². The Balaban J connectivity index is 1.72. The van der Waals surface area contributed by atoms with Crippen molar-refractivity contribution >= 4 is 0 Å². The highest BCUT2D eigenvalue weighted by Crippen LogP contribution is 2.11. The summed E-state index contributed by atoms with van der Waals surface area (Å²) in [5.41, 5.74) is 0. The second-order valence-electron chi connectivity index (χ2n) is 5.47. The van der Waals surface area contributed by atoms with Crippen molar-refractivity contribution in [3.8, 4) is 0 Å². The number of rotatable bonds is 6. The van der Waals surface area contributed by atoms with Crippen LogP contribution in [0.2, 0.25) is 0 Å². The first-order valence-electron chi connectivity index (χ1n) is 7.22. The molecule has 1 aliphatic heterocycles. The van der Waals surface area contributed by atoms with Gasteiger partial charge in [0, 0.05) is 51.2 Å². The maximum atomic E-state index is 9.10. The lowest BCUT2D eigenvalue weighted by Crippen LogP contribution is -2.51. The van der Waals surface area contributed by atoms with Gasteiger partial charge in [-0.25, -0.2) is 4.98 Å². The number of aryl methyl sites for hydroxylation is 2. The van der Waals surface area contributed by atoms with Crippen molar-refractivity contribution in [1.29, 1.82) is 0 Å². The average molecular weight is 266 g/mol. The van der Waals surface area contributed by atoms with Gasteiger partial charge in [-0.15, -0.1) is 0 Å². The summed E-state index contributed by atoms with van der Waals surface area (Å²) in [4.78, 5) is 9.13. The molecule has 0 unspecified atom stereocenters. The Kier molecular flexibility index (Phi) is 5.36. The van der Waals surface area contributed by atoms with Crippen LogP contribution in [0.25, 0.3) is 0 Å². The number of aliphatic hydroxyl groups excluding tert-OH is 1. The van der Waals surface area contributed by atoms with Gasteiger partial charge in [0.05, 0.1) is 0 Å². The van der Waals surface area contributed by atoms with Crippen molar-refractivity contribution in [3.05, 3.63) is 18.2 Å². The maximum Gasteiger partial charge on any atom is 0.105 e. The Morgan fingerprint density at radius 2 is 2.21 bits per heavy atom. The molecule has 0 spiro atoms. The summed E-state index contributed by atoms with van der Waals surface area (Å²) >= 11 is 0. The molecule has 1 saturated heterocycles. The van der Waals surface area contributed by atoms with Crippen molar-refractivity contribution < 1.29 is 5.11 Å². The van der Waals surface area contributed by atoms with Gasteiger partial charge < -0.3 is 19.5 Å². The molecule has 1 fully saturated rings. The standard InChI is InChI=1S/C14H26N4O/c1-13-15-5-8-18(13)7-3-6-17-10-9-16(2)14(12-17)4-11-19/h5,8,14,19H,3-4,6-7,9-12H2,1-2H3/t14-/m1/s1. The second kappa shape index (κ2) is 7.03. The number of aliphatic hydroxyl groups is 1. The van der Waals surface area contributed by atoms with E-state index in [0.717, 1.165) is 51.4 Å². The summed E-state index contributed by atoms with van der Waals surface area (Å²) in [6, 6.07) is 0.508. The van der Waals surface area contributed by atoms with Crippen molar-refractivity contribution in [2.75, 3.05) is 39.8 Å². The third-order valence-electron chi connectivity index (χ3n) is 4.12. The van der Waals surface area contributed by atoms with Gasteiger partial charge in [0.2, 0.25) is 0 Å². The van der Waals surface area contributed by atoms with Crippen LogP contribution < -0.4 is 0 Å². The third kappa shape index (κ3) is 4.03. The van der Waals surface area contributed by atoms with E-state index in [4.69, 9.17) is 5.11 Å². The van der Waals surface area contributed by atoms with Crippen molar-refractivity contribution in [1.82, 2.24) is 19.4 Å². The Morgan fingerprint density at radius 3 is 2.89 bits per heavy atom. The molecular weight excluding hydrogens is 240 g/mol. The molecule has 1 aromatic rings. The lowest BCUT2D eigenvalue weighted by Gasteiger charge is -2.39. The van der Waals surface area contributed by atoms with Gasteiger partial charge in [0.25, 0.3) is 0 Å². The lowest BCUT2D eigenvalue weighted by atomic mass is 10.1. The first-order chi connectivity index (χ1) is 9.20. The summed E-state index contributed by atoms with van der Waals surface area (Å²) in [5.74, 6) is 1.09. The van der Waals surface area contributed by atoms with E-state index >= 15 is 0 Å². The van der Waals surface area contributed by atoms with Crippen LogP contribution in [0.3, 0.4) is 0 Å². The smallest absolute Gasteiger partial charge is 0.105 e. The highest BCUT2D eigenvalue weighted by molar-refractivity contribution is 4.88. The molecule has 0 amide bonds. The topological polar surface area (TPSA) is 44.5 Å². The second-order valence-corrected chi connectivity index (χ2v) is 5.47. The molecule has 108 valence electrons. The first kappa shape index (κ1) is 14.5. The van der Waals surface area contributed by atoms with Gasteiger partial charge in [-0.2, -0.15) is 0 Å². The molecule has 1 aliphatic rings. The highest BCUT2D eigenvalue weighted by Gasteiger charge is 2.23. The molecule has 0 aromatic carbocycles. The zero-order valence-electron chi connectivity index (χ0n) is 12.1. The van der Waals surface area contributed by atoms with Gasteiger partial charge in [-0.05, 0) is 33.4 Å². The van der Waals surface area contributed by atoms with E-state index in [1.54, 1.807) is 0 Å². The van der Waals surface area contributed by atoms with Crippen molar-refractivity contribution in [3.63, 3.8) is 0 Å². The molecule has 1 atom stereocenters. The molecular formula is C14H26N4O. The van der Waals surface area contributed by atoms with Crippen molar-refractivity contribution in [2.45, 2.75) is 32.4 Å². The minimum absolute atomic E-state index is 0.289. The predicted molar refractivity (Wildman–Crippen MR) is 76.1 cm³/mol. The summed E-state index contributed by atoms with van der Waals surface area (Å²) in [6.07, 6.45) is 5.96. The van der Waals surface area contributed by atoms with E-state index in [-0.39, 0.29) is 6.61 Å². The van der Waals surface area contributed by atoms with E-state index in [0.29, 0.717) is 6.04 Å². The first-order valence-corrected chi connectivity index (χ1v) is 7.22. The number of nitrogens with zero attached hydrogens (tertiary/aromatic N) is 4. The molecule has 5 nitrogen and oxygen atoms in total. The molecule has 0 aliphatic carbocycles. The van der Waals surface area contributed by atoms with Crippen LogP contribution in [-0.2, 0) is 6.54 Å². The van der Waals surface area contributed by atoms with Crippen LogP contribution in [0.1, 0.15) is 18.7 Å². The van der Waals surface area contributed by atoms with Gasteiger partial charge in [0.15, 0.2) is 0 Å². The Hall–Kier alpha value is -0.910. The fourth-order valence-electron chi connectivity index (χ4n) is 2.78. The van der Waals surface area contributed by atoms with Crippen molar-refractivity contribution in [2.24, 2.45) is 0 Å². The molecule has 2 rings (SSSR count). The molecule has 5 heteroatoms. The third-order valence-corrected chi connectivity index (χ3v) is 4.12. The molecule has 0 radical (unpaired) electrons. The minimum Gasteiger partial charge on any atom is -0.396 e. The van der Waals surface area contributed by atoms with Crippen LogP contribution in [0.5, 0.6) is 0 Å².